The summed E-state index contributed by atoms with van der Waals surface area (Å²) >= 11 is 1.73. The highest BCUT2D eigenvalue weighted by Gasteiger charge is 2.20. The van der Waals surface area contributed by atoms with Crippen LogP contribution in [0.2, 0.25) is 0 Å². The fourth-order valence-corrected chi connectivity index (χ4v) is 3.50. The SMILES string of the molecule is CNC(=O)CN1CCN(c2ncc(-c3ccccc3)s2)CC1. The Morgan fingerprint density at radius 3 is 2.64 bits per heavy atom. The Morgan fingerprint density at radius 2 is 1.95 bits per heavy atom. The minimum Gasteiger partial charge on any atom is -0.358 e. The molecule has 0 radical (unpaired) electrons. The van der Waals surface area contributed by atoms with E-state index >= 15 is 0 Å². The van der Waals surface area contributed by atoms with Gasteiger partial charge in [-0.05, 0) is 5.56 Å². The van der Waals surface area contributed by atoms with Gasteiger partial charge in [0.15, 0.2) is 5.13 Å². The van der Waals surface area contributed by atoms with E-state index in [1.165, 1.54) is 10.4 Å². The summed E-state index contributed by atoms with van der Waals surface area (Å²) < 4.78 is 0. The number of rotatable bonds is 4. The smallest absolute Gasteiger partial charge is 0.233 e. The van der Waals surface area contributed by atoms with Gasteiger partial charge in [-0.15, -0.1) is 0 Å². The number of carbonyl (C=O) groups excluding carboxylic acids is 1. The van der Waals surface area contributed by atoms with Gasteiger partial charge in [-0.2, -0.15) is 0 Å². The maximum atomic E-state index is 11.4. The van der Waals surface area contributed by atoms with E-state index in [4.69, 9.17) is 0 Å². The second kappa shape index (κ2) is 6.89. The van der Waals surface area contributed by atoms with Crippen LogP contribution >= 0.6 is 11.3 Å². The molecule has 116 valence electrons. The molecule has 0 saturated carbocycles. The Labute approximate surface area is 134 Å². The van der Waals surface area contributed by atoms with E-state index in [1.54, 1.807) is 18.4 Å². The number of hydrogen-bond donors (Lipinski definition) is 1. The number of aromatic nitrogens is 1. The third kappa shape index (κ3) is 3.45. The highest BCUT2D eigenvalue weighted by atomic mass is 32.1. The summed E-state index contributed by atoms with van der Waals surface area (Å²) in [7, 11) is 1.68. The van der Waals surface area contributed by atoms with Crippen molar-refractivity contribution >= 4 is 22.4 Å². The Hall–Kier alpha value is -1.92. The van der Waals surface area contributed by atoms with E-state index in [0.29, 0.717) is 6.54 Å². The number of amides is 1. The van der Waals surface area contributed by atoms with Crippen LogP contribution < -0.4 is 10.2 Å². The van der Waals surface area contributed by atoms with Crippen molar-refractivity contribution in [1.29, 1.82) is 0 Å². The van der Waals surface area contributed by atoms with E-state index in [1.807, 2.05) is 24.4 Å². The number of benzene rings is 1. The monoisotopic (exact) mass is 316 g/mol. The lowest BCUT2D eigenvalue weighted by Gasteiger charge is -2.33. The van der Waals surface area contributed by atoms with E-state index in [2.05, 4.69) is 32.2 Å². The average molecular weight is 316 g/mol. The van der Waals surface area contributed by atoms with Crippen molar-refractivity contribution < 1.29 is 4.79 Å². The molecule has 1 aromatic heterocycles. The maximum Gasteiger partial charge on any atom is 0.233 e. The third-order valence-corrected chi connectivity index (χ3v) is 4.95. The fraction of sp³-hybridized carbons (Fsp3) is 0.375. The molecule has 1 N–H and O–H groups in total. The van der Waals surface area contributed by atoms with Gasteiger partial charge in [0, 0.05) is 39.4 Å². The molecule has 1 aromatic carbocycles. The minimum absolute atomic E-state index is 0.0778. The lowest BCUT2D eigenvalue weighted by Crippen LogP contribution is -2.49. The zero-order valence-electron chi connectivity index (χ0n) is 12.7. The van der Waals surface area contributed by atoms with E-state index in [9.17, 15) is 4.79 Å². The van der Waals surface area contributed by atoms with Crippen LogP contribution in [0.5, 0.6) is 0 Å². The van der Waals surface area contributed by atoms with Gasteiger partial charge in [-0.25, -0.2) is 4.98 Å². The molecule has 1 aliphatic rings. The standard InChI is InChI=1S/C16H20N4OS/c1-17-15(21)12-19-7-9-20(10-8-19)16-18-11-14(22-16)13-5-3-2-4-6-13/h2-6,11H,7-10,12H2,1H3,(H,17,21). The van der Waals surface area contributed by atoms with Crippen LogP contribution in [0.4, 0.5) is 5.13 Å². The summed E-state index contributed by atoms with van der Waals surface area (Å²) in [6, 6.07) is 10.3. The van der Waals surface area contributed by atoms with E-state index < -0.39 is 0 Å². The lowest BCUT2D eigenvalue weighted by atomic mass is 10.2. The largest absolute Gasteiger partial charge is 0.358 e. The van der Waals surface area contributed by atoms with Gasteiger partial charge in [0.2, 0.25) is 5.91 Å². The van der Waals surface area contributed by atoms with Crippen LogP contribution in [-0.4, -0.2) is 55.6 Å². The van der Waals surface area contributed by atoms with Crippen LogP contribution in [0, 0.1) is 0 Å². The van der Waals surface area contributed by atoms with Crippen LogP contribution in [0.3, 0.4) is 0 Å². The molecule has 1 saturated heterocycles. The molecule has 2 aromatic rings. The van der Waals surface area contributed by atoms with Gasteiger partial charge < -0.3 is 10.2 Å². The molecule has 0 aliphatic carbocycles. The zero-order valence-corrected chi connectivity index (χ0v) is 13.5. The summed E-state index contributed by atoms with van der Waals surface area (Å²) in [6.07, 6.45) is 1.95. The molecule has 1 fully saturated rings. The Kier molecular flexibility index (Phi) is 4.70. The predicted octanol–water partition coefficient (Wildman–Crippen LogP) is 1.68. The molecule has 0 atom stereocenters. The second-order valence-electron chi connectivity index (χ2n) is 5.31. The molecule has 0 unspecified atom stereocenters. The van der Waals surface area contributed by atoms with Gasteiger partial charge >= 0.3 is 0 Å². The summed E-state index contributed by atoms with van der Waals surface area (Å²) in [5.41, 5.74) is 1.21. The van der Waals surface area contributed by atoms with Crippen molar-refractivity contribution in [3.05, 3.63) is 36.5 Å². The number of nitrogens with one attached hydrogen (secondary N) is 1. The molecule has 3 rings (SSSR count). The maximum absolute atomic E-state index is 11.4. The van der Waals surface area contributed by atoms with Crippen molar-refractivity contribution in [2.75, 3.05) is 44.7 Å². The first-order chi connectivity index (χ1) is 10.8. The topological polar surface area (TPSA) is 48.5 Å². The third-order valence-electron chi connectivity index (χ3n) is 3.84. The van der Waals surface area contributed by atoms with Gasteiger partial charge in [0.05, 0.1) is 11.4 Å². The van der Waals surface area contributed by atoms with E-state index in [0.717, 1.165) is 31.3 Å². The number of carbonyl (C=O) groups is 1. The van der Waals surface area contributed by atoms with Crippen LogP contribution in [0.1, 0.15) is 0 Å². The van der Waals surface area contributed by atoms with E-state index in [-0.39, 0.29) is 5.91 Å². The zero-order chi connectivity index (χ0) is 15.4. The number of nitrogens with zero attached hydrogens (tertiary/aromatic N) is 3. The molecule has 2 heterocycles. The Morgan fingerprint density at radius 1 is 1.23 bits per heavy atom. The van der Waals surface area contributed by atoms with Gasteiger partial charge in [-0.1, -0.05) is 41.7 Å². The number of anilines is 1. The summed E-state index contributed by atoms with van der Waals surface area (Å²) in [5.74, 6) is 0.0778. The number of piperazine rings is 1. The number of likely N-dealkylation sites (N-methyl/N-ethyl adjacent to an activating group) is 1. The van der Waals surface area contributed by atoms with Gasteiger partial charge in [0.25, 0.3) is 0 Å². The number of hydrogen-bond acceptors (Lipinski definition) is 5. The van der Waals surface area contributed by atoms with Crippen molar-refractivity contribution in [3.63, 3.8) is 0 Å². The van der Waals surface area contributed by atoms with Crippen LogP contribution in [0.25, 0.3) is 10.4 Å². The summed E-state index contributed by atoms with van der Waals surface area (Å²) in [6.45, 7) is 4.11. The van der Waals surface area contributed by atoms with Gasteiger partial charge in [-0.3, -0.25) is 9.69 Å². The molecule has 1 amide bonds. The molecule has 5 nitrogen and oxygen atoms in total. The van der Waals surface area contributed by atoms with Crippen molar-refractivity contribution in [2.45, 2.75) is 0 Å². The second-order valence-corrected chi connectivity index (χ2v) is 6.32. The summed E-state index contributed by atoms with van der Waals surface area (Å²) in [4.78, 5) is 21.7. The molecule has 1 aliphatic heterocycles. The molecule has 6 heteroatoms. The average Bonchev–Trinajstić information content (AvgIpc) is 3.06. The molecule has 22 heavy (non-hydrogen) atoms. The molecular formula is C16H20N4OS. The van der Waals surface area contributed by atoms with Crippen molar-refractivity contribution in [2.24, 2.45) is 0 Å². The first-order valence-corrected chi connectivity index (χ1v) is 8.27. The van der Waals surface area contributed by atoms with Crippen LogP contribution in [-0.2, 0) is 4.79 Å². The Bertz CT molecular complexity index is 620. The molecule has 0 spiro atoms. The lowest BCUT2D eigenvalue weighted by molar-refractivity contribution is -0.121. The normalized spacial score (nSPS) is 15.8. The molecular weight excluding hydrogens is 296 g/mol. The predicted molar refractivity (Wildman–Crippen MR) is 90.3 cm³/mol. The summed E-state index contributed by atoms with van der Waals surface area (Å²) in [5, 5.41) is 3.74. The quantitative estimate of drug-likeness (QED) is 0.932. The minimum atomic E-state index is 0.0778. The molecule has 0 bridgehead atoms. The number of thiazole rings is 1. The Balaban J connectivity index is 1.60. The first-order valence-electron chi connectivity index (χ1n) is 7.45. The fourth-order valence-electron chi connectivity index (χ4n) is 2.53. The van der Waals surface area contributed by atoms with Crippen LogP contribution in [0.15, 0.2) is 36.5 Å². The van der Waals surface area contributed by atoms with Gasteiger partial charge in [0.1, 0.15) is 0 Å². The highest BCUT2D eigenvalue weighted by Crippen LogP contribution is 2.31. The van der Waals surface area contributed by atoms with Crippen molar-refractivity contribution in [1.82, 2.24) is 15.2 Å². The highest BCUT2D eigenvalue weighted by molar-refractivity contribution is 7.18. The van der Waals surface area contributed by atoms with Crippen molar-refractivity contribution in [3.8, 4) is 10.4 Å². The first kappa shape index (κ1) is 15.0.